The quantitative estimate of drug-likeness (QED) is 0.302. The number of hydrogen-bond donors (Lipinski definition) is 1. The Labute approximate surface area is 237 Å². The van der Waals surface area contributed by atoms with E-state index < -0.39 is 21.9 Å². The van der Waals surface area contributed by atoms with E-state index in [0.717, 1.165) is 33.7 Å². The van der Waals surface area contributed by atoms with Crippen molar-refractivity contribution in [1.29, 1.82) is 0 Å². The normalized spacial score (nSPS) is 12.0. The number of sulfonamides is 1. The highest BCUT2D eigenvalue weighted by molar-refractivity contribution is 7.92. The van der Waals surface area contributed by atoms with Crippen molar-refractivity contribution >= 4 is 27.5 Å². The van der Waals surface area contributed by atoms with E-state index in [0.29, 0.717) is 13.0 Å². The van der Waals surface area contributed by atoms with Gasteiger partial charge in [0.1, 0.15) is 11.9 Å². The Morgan fingerprint density at radius 3 is 2.25 bits per heavy atom. The molecular weight excluding hydrogens is 529 g/mol. The summed E-state index contributed by atoms with van der Waals surface area (Å²) in [7, 11) is -3.79. The minimum Gasteiger partial charge on any atom is -0.354 e. The average Bonchev–Trinajstić information content (AvgIpc) is 2.93. The van der Waals surface area contributed by atoms with Crippen LogP contribution < -0.4 is 9.62 Å². The standard InChI is InChI=1S/C31H38FN3O4S/c1-4-20-33-31(37)29(22-25-14-6-5-7-15-25)34(23-26-16-9-8-13-24(26)2)30(36)19-12-21-35(40(3,38)39)28-18-11-10-17-27(28)32/h5-11,13-18,29H,4,12,19-23H2,1-3H3,(H,33,37). The number of hydrogen-bond acceptors (Lipinski definition) is 4. The second kappa shape index (κ2) is 14.6. The van der Waals surface area contributed by atoms with Gasteiger partial charge in [-0.25, -0.2) is 12.8 Å². The van der Waals surface area contributed by atoms with Crippen LogP contribution in [0.1, 0.15) is 42.9 Å². The summed E-state index contributed by atoms with van der Waals surface area (Å²) in [5, 5.41) is 2.95. The summed E-state index contributed by atoms with van der Waals surface area (Å²) in [6.07, 6.45) is 2.24. The Bertz CT molecular complexity index is 1380. The van der Waals surface area contributed by atoms with Gasteiger partial charge in [-0.15, -0.1) is 0 Å². The number of nitrogens with one attached hydrogen (secondary N) is 1. The zero-order chi connectivity index (χ0) is 29.1. The number of anilines is 1. The van der Waals surface area contributed by atoms with Gasteiger partial charge in [-0.2, -0.15) is 0 Å². The van der Waals surface area contributed by atoms with Crippen LogP contribution in [-0.2, 0) is 32.6 Å². The highest BCUT2D eigenvalue weighted by atomic mass is 32.2. The molecule has 1 unspecified atom stereocenters. The number of para-hydroxylation sites is 1. The van der Waals surface area contributed by atoms with Crippen LogP contribution in [0.4, 0.5) is 10.1 Å². The van der Waals surface area contributed by atoms with Gasteiger partial charge in [0, 0.05) is 32.5 Å². The van der Waals surface area contributed by atoms with E-state index >= 15 is 0 Å². The molecule has 3 rings (SSSR count). The van der Waals surface area contributed by atoms with E-state index in [9.17, 15) is 22.4 Å². The molecule has 0 aliphatic carbocycles. The van der Waals surface area contributed by atoms with Crippen molar-refractivity contribution in [3.8, 4) is 0 Å². The summed E-state index contributed by atoms with van der Waals surface area (Å²) in [4.78, 5) is 28.8. The molecule has 1 atom stereocenters. The summed E-state index contributed by atoms with van der Waals surface area (Å²) < 4.78 is 40.4. The number of carbonyl (C=O) groups excluding carboxylic acids is 2. The first-order valence-corrected chi connectivity index (χ1v) is 15.3. The van der Waals surface area contributed by atoms with Crippen LogP contribution in [0.25, 0.3) is 0 Å². The maximum Gasteiger partial charge on any atom is 0.243 e. The molecule has 2 amide bonds. The minimum atomic E-state index is -3.79. The summed E-state index contributed by atoms with van der Waals surface area (Å²) >= 11 is 0. The number of carbonyl (C=O) groups is 2. The molecule has 214 valence electrons. The number of nitrogens with zero attached hydrogens (tertiary/aromatic N) is 2. The maximum atomic E-state index is 14.4. The molecule has 3 aromatic carbocycles. The highest BCUT2D eigenvalue weighted by Gasteiger charge is 2.30. The molecular formula is C31H38FN3O4S. The van der Waals surface area contributed by atoms with Crippen molar-refractivity contribution in [2.75, 3.05) is 23.7 Å². The Morgan fingerprint density at radius 1 is 0.950 bits per heavy atom. The zero-order valence-corrected chi connectivity index (χ0v) is 24.2. The van der Waals surface area contributed by atoms with Crippen molar-refractivity contribution in [2.45, 2.75) is 52.1 Å². The SMILES string of the molecule is CCCNC(=O)C(Cc1ccccc1)N(Cc1ccccc1C)C(=O)CCCN(c1ccccc1F)S(C)(=O)=O. The van der Waals surface area contributed by atoms with Crippen LogP contribution in [0.2, 0.25) is 0 Å². The number of halogens is 1. The van der Waals surface area contributed by atoms with Crippen molar-refractivity contribution in [3.05, 3.63) is 101 Å². The van der Waals surface area contributed by atoms with E-state index in [4.69, 9.17) is 0 Å². The van der Waals surface area contributed by atoms with Crippen molar-refractivity contribution in [2.24, 2.45) is 0 Å². The number of benzene rings is 3. The molecule has 7 nitrogen and oxygen atoms in total. The Kier molecular flexibility index (Phi) is 11.3. The van der Waals surface area contributed by atoms with Gasteiger partial charge in [0.05, 0.1) is 11.9 Å². The molecule has 0 bridgehead atoms. The van der Waals surface area contributed by atoms with Gasteiger partial charge in [0.15, 0.2) is 0 Å². The Balaban J connectivity index is 1.89. The topological polar surface area (TPSA) is 86.8 Å². The molecule has 3 aromatic rings. The van der Waals surface area contributed by atoms with Gasteiger partial charge in [0.2, 0.25) is 21.8 Å². The molecule has 0 aliphatic rings. The van der Waals surface area contributed by atoms with Gasteiger partial charge in [0.25, 0.3) is 0 Å². The van der Waals surface area contributed by atoms with Crippen LogP contribution in [-0.4, -0.2) is 50.5 Å². The molecule has 40 heavy (non-hydrogen) atoms. The lowest BCUT2D eigenvalue weighted by molar-refractivity contribution is -0.141. The lowest BCUT2D eigenvalue weighted by Gasteiger charge is -2.32. The molecule has 0 saturated heterocycles. The molecule has 0 spiro atoms. The van der Waals surface area contributed by atoms with Gasteiger partial charge < -0.3 is 10.2 Å². The molecule has 0 aliphatic heterocycles. The lowest BCUT2D eigenvalue weighted by atomic mass is 10.0. The van der Waals surface area contributed by atoms with Crippen LogP contribution in [0.5, 0.6) is 0 Å². The first kappa shape index (κ1) is 30.8. The van der Waals surface area contributed by atoms with Crippen molar-refractivity contribution in [1.82, 2.24) is 10.2 Å². The molecule has 0 aromatic heterocycles. The third-order valence-electron chi connectivity index (χ3n) is 6.70. The van der Waals surface area contributed by atoms with Gasteiger partial charge >= 0.3 is 0 Å². The molecule has 9 heteroatoms. The summed E-state index contributed by atoms with van der Waals surface area (Å²) in [6, 6.07) is 22.1. The van der Waals surface area contributed by atoms with E-state index in [1.807, 2.05) is 68.4 Å². The first-order valence-electron chi connectivity index (χ1n) is 13.5. The summed E-state index contributed by atoms with van der Waals surface area (Å²) in [6.45, 7) is 4.56. The van der Waals surface area contributed by atoms with Crippen molar-refractivity contribution in [3.63, 3.8) is 0 Å². The summed E-state index contributed by atoms with van der Waals surface area (Å²) in [5.41, 5.74) is 2.77. The van der Waals surface area contributed by atoms with E-state index in [-0.39, 0.29) is 43.4 Å². The molecule has 0 saturated carbocycles. The third kappa shape index (κ3) is 8.64. The fourth-order valence-electron chi connectivity index (χ4n) is 4.53. The first-order chi connectivity index (χ1) is 19.1. The van der Waals surface area contributed by atoms with Gasteiger partial charge in [-0.3, -0.25) is 13.9 Å². The fraction of sp³-hybridized carbons (Fsp3) is 0.355. The van der Waals surface area contributed by atoms with Crippen LogP contribution in [0, 0.1) is 12.7 Å². The highest BCUT2D eigenvalue weighted by Crippen LogP contribution is 2.23. The molecule has 0 fully saturated rings. The lowest BCUT2D eigenvalue weighted by Crippen LogP contribution is -2.50. The Hall–Kier alpha value is -3.72. The fourth-order valence-corrected chi connectivity index (χ4v) is 5.49. The zero-order valence-electron chi connectivity index (χ0n) is 23.3. The van der Waals surface area contributed by atoms with E-state index in [2.05, 4.69) is 5.32 Å². The average molecular weight is 568 g/mol. The summed E-state index contributed by atoms with van der Waals surface area (Å²) in [5.74, 6) is -1.18. The van der Waals surface area contributed by atoms with E-state index in [1.54, 1.807) is 11.0 Å². The third-order valence-corrected chi connectivity index (χ3v) is 7.88. The molecule has 0 radical (unpaired) electrons. The largest absolute Gasteiger partial charge is 0.354 e. The van der Waals surface area contributed by atoms with Crippen LogP contribution in [0.15, 0.2) is 78.9 Å². The molecule has 0 heterocycles. The number of aryl methyl sites for hydroxylation is 1. The van der Waals surface area contributed by atoms with Crippen LogP contribution >= 0.6 is 0 Å². The Morgan fingerprint density at radius 2 is 1.60 bits per heavy atom. The van der Waals surface area contributed by atoms with E-state index in [1.165, 1.54) is 18.2 Å². The number of amides is 2. The smallest absolute Gasteiger partial charge is 0.243 e. The predicted octanol–water partition coefficient (Wildman–Crippen LogP) is 4.85. The van der Waals surface area contributed by atoms with Gasteiger partial charge in [-0.1, -0.05) is 73.7 Å². The number of rotatable bonds is 14. The molecule has 1 N–H and O–H groups in total. The second-order valence-electron chi connectivity index (χ2n) is 9.83. The van der Waals surface area contributed by atoms with Crippen molar-refractivity contribution < 1.29 is 22.4 Å². The van der Waals surface area contributed by atoms with Crippen LogP contribution in [0.3, 0.4) is 0 Å². The van der Waals surface area contributed by atoms with Gasteiger partial charge in [-0.05, 0) is 48.6 Å². The minimum absolute atomic E-state index is 0.0152. The predicted molar refractivity (Wildman–Crippen MR) is 157 cm³/mol. The maximum absolute atomic E-state index is 14.4. The monoisotopic (exact) mass is 567 g/mol. The second-order valence-corrected chi connectivity index (χ2v) is 11.7.